The highest BCUT2D eigenvalue weighted by molar-refractivity contribution is 7.89. The molecule has 0 aliphatic carbocycles. The number of nitrogens with zero attached hydrogens (tertiary/aromatic N) is 2. The van der Waals surface area contributed by atoms with Crippen LogP contribution in [-0.4, -0.2) is 30.8 Å². The van der Waals surface area contributed by atoms with E-state index < -0.39 is 21.8 Å². The van der Waals surface area contributed by atoms with E-state index in [-0.39, 0.29) is 10.8 Å². The topological polar surface area (TPSA) is 50.3 Å². The Labute approximate surface area is 222 Å². The smallest absolute Gasteiger partial charge is 0.241 e. The molecule has 0 fully saturated rings. The van der Waals surface area contributed by atoms with Crippen molar-refractivity contribution < 1.29 is 21.6 Å². The minimum atomic E-state index is -4.41. The van der Waals surface area contributed by atoms with Crippen molar-refractivity contribution in [1.29, 1.82) is 0 Å². The van der Waals surface area contributed by atoms with Crippen molar-refractivity contribution in [3.63, 3.8) is 0 Å². The summed E-state index contributed by atoms with van der Waals surface area (Å²) in [4.78, 5) is 4.91. The Balaban J connectivity index is 1.91. The van der Waals surface area contributed by atoms with Gasteiger partial charge in [-0.25, -0.2) is 13.4 Å². The highest BCUT2D eigenvalue weighted by Gasteiger charge is 2.32. The maximum absolute atomic E-state index is 13.5. The fraction of sp³-hybridized carbons (Fsp3) is 0.464. The molecule has 0 bridgehead atoms. The van der Waals surface area contributed by atoms with Crippen LogP contribution in [-0.2, 0) is 22.6 Å². The zero-order chi connectivity index (χ0) is 27.4. The van der Waals surface area contributed by atoms with Gasteiger partial charge in [0.05, 0.1) is 21.2 Å². The van der Waals surface area contributed by atoms with Crippen LogP contribution in [0, 0.1) is 5.92 Å². The molecule has 9 heteroatoms. The third-order valence-electron chi connectivity index (χ3n) is 7.10. The summed E-state index contributed by atoms with van der Waals surface area (Å²) in [6, 6.07) is 10.7. The van der Waals surface area contributed by atoms with Gasteiger partial charge in [-0.15, -0.1) is 11.3 Å². The third-order valence-corrected chi connectivity index (χ3v) is 10.0. The van der Waals surface area contributed by atoms with Gasteiger partial charge in [0.25, 0.3) is 0 Å². The van der Waals surface area contributed by atoms with Crippen molar-refractivity contribution in [3.8, 4) is 11.3 Å². The molecule has 1 aromatic heterocycles. The lowest BCUT2D eigenvalue weighted by atomic mass is 9.81. The fourth-order valence-corrected chi connectivity index (χ4v) is 7.11. The van der Waals surface area contributed by atoms with Gasteiger partial charge in [0.15, 0.2) is 0 Å². The van der Waals surface area contributed by atoms with Crippen molar-refractivity contribution >= 4 is 21.4 Å². The van der Waals surface area contributed by atoms with Crippen molar-refractivity contribution in [2.24, 2.45) is 5.92 Å². The molecule has 37 heavy (non-hydrogen) atoms. The standard InChI is InChI=1S/C28H35F3N2O2S2/c1-6-20(7-2)19(5)25-15-12-23(28(29,30)31)16-22(25)17-27-32-26(18-36-27)21-10-13-24(14-11-21)37(34,35)33(8-3)9-4/h10-16,18-20H,6-9,17H2,1-5H3. The SMILES string of the molecule is CCC(CC)C(C)c1ccc(C(F)(F)F)cc1Cc1nc(-c2ccc(S(=O)(=O)N(CC)CC)cc2)cs1. The Morgan fingerprint density at radius 2 is 1.59 bits per heavy atom. The first-order chi connectivity index (χ1) is 17.5. The molecular weight excluding hydrogens is 517 g/mol. The van der Waals surface area contributed by atoms with Gasteiger partial charge in [0.1, 0.15) is 0 Å². The number of rotatable bonds is 11. The van der Waals surface area contributed by atoms with E-state index in [1.807, 2.05) is 5.38 Å². The van der Waals surface area contributed by atoms with Gasteiger partial charge in [0, 0.05) is 30.5 Å². The number of benzene rings is 2. The van der Waals surface area contributed by atoms with Gasteiger partial charge in [-0.05, 0) is 47.2 Å². The second-order valence-corrected chi connectivity index (χ2v) is 12.1. The number of sulfonamides is 1. The van der Waals surface area contributed by atoms with Gasteiger partial charge in [0.2, 0.25) is 10.0 Å². The molecular formula is C28H35F3N2O2S2. The number of hydrogen-bond acceptors (Lipinski definition) is 4. The van der Waals surface area contributed by atoms with E-state index in [0.717, 1.165) is 24.0 Å². The van der Waals surface area contributed by atoms with Gasteiger partial charge < -0.3 is 0 Å². The molecule has 0 saturated carbocycles. The molecule has 0 N–H and O–H groups in total. The van der Waals surface area contributed by atoms with Crippen LogP contribution in [0.4, 0.5) is 13.2 Å². The summed E-state index contributed by atoms with van der Waals surface area (Å²) in [5.41, 5.74) is 2.37. The highest BCUT2D eigenvalue weighted by Crippen LogP contribution is 2.37. The Hall–Kier alpha value is -2.23. The van der Waals surface area contributed by atoms with Crippen LogP contribution < -0.4 is 0 Å². The zero-order valence-corrected chi connectivity index (χ0v) is 23.6. The molecule has 1 atom stereocenters. The Morgan fingerprint density at radius 1 is 0.973 bits per heavy atom. The molecule has 4 nitrogen and oxygen atoms in total. The molecule has 0 radical (unpaired) electrons. The number of hydrogen-bond donors (Lipinski definition) is 0. The van der Waals surface area contributed by atoms with E-state index in [2.05, 4.69) is 25.8 Å². The molecule has 0 aliphatic heterocycles. The van der Waals surface area contributed by atoms with Gasteiger partial charge >= 0.3 is 6.18 Å². The van der Waals surface area contributed by atoms with E-state index in [1.54, 1.807) is 44.2 Å². The Morgan fingerprint density at radius 3 is 2.14 bits per heavy atom. The highest BCUT2D eigenvalue weighted by atomic mass is 32.2. The van der Waals surface area contributed by atoms with Crippen LogP contribution >= 0.6 is 11.3 Å². The van der Waals surface area contributed by atoms with E-state index >= 15 is 0 Å². The summed E-state index contributed by atoms with van der Waals surface area (Å²) < 4.78 is 67.4. The number of thiazole rings is 1. The molecule has 1 unspecified atom stereocenters. The molecule has 0 spiro atoms. The number of halogens is 3. The molecule has 3 aromatic rings. The van der Waals surface area contributed by atoms with E-state index in [9.17, 15) is 21.6 Å². The molecule has 1 heterocycles. The summed E-state index contributed by atoms with van der Waals surface area (Å²) in [6.07, 6.45) is -2.19. The van der Waals surface area contributed by atoms with Crippen LogP contribution in [0.5, 0.6) is 0 Å². The normalized spacial score (nSPS) is 13.5. The average Bonchev–Trinajstić information content (AvgIpc) is 3.33. The largest absolute Gasteiger partial charge is 0.416 e. The van der Waals surface area contributed by atoms with Crippen molar-refractivity contribution in [2.75, 3.05) is 13.1 Å². The van der Waals surface area contributed by atoms with E-state index in [4.69, 9.17) is 0 Å². The van der Waals surface area contributed by atoms with Gasteiger partial charge in [-0.2, -0.15) is 17.5 Å². The maximum atomic E-state index is 13.5. The molecule has 0 aliphatic rings. The minimum absolute atomic E-state index is 0.131. The average molecular weight is 553 g/mol. The monoisotopic (exact) mass is 552 g/mol. The summed E-state index contributed by atoms with van der Waals surface area (Å²) in [5, 5.41) is 2.58. The predicted molar refractivity (Wildman–Crippen MR) is 144 cm³/mol. The Kier molecular flexibility index (Phi) is 9.58. The predicted octanol–water partition coefficient (Wildman–Crippen LogP) is 7.99. The molecule has 0 saturated heterocycles. The molecule has 0 amide bonds. The first kappa shape index (κ1) is 29.3. The molecule has 202 valence electrons. The van der Waals surface area contributed by atoms with Crippen LogP contribution in [0.2, 0.25) is 0 Å². The van der Waals surface area contributed by atoms with E-state index in [1.165, 1.54) is 27.8 Å². The number of alkyl halides is 3. The van der Waals surface area contributed by atoms with Gasteiger partial charge in [-0.1, -0.05) is 65.7 Å². The zero-order valence-electron chi connectivity index (χ0n) is 22.0. The van der Waals surface area contributed by atoms with Crippen molar-refractivity contribution in [1.82, 2.24) is 9.29 Å². The van der Waals surface area contributed by atoms with Crippen LogP contribution in [0.1, 0.15) is 75.1 Å². The summed E-state index contributed by atoms with van der Waals surface area (Å²) in [6.45, 7) is 10.7. The summed E-state index contributed by atoms with van der Waals surface area (Å²) >= 11 is 1.40. The first-order valence-corrected chi connectivity index (χ1v) is 15.0. The van der Waals surface area contributed by atoms with E-state index in [0.29, 0.717) is 41.7 Å². The summed E-state index contributed by atoms with van der Waals surface area (Å²) in [7, 11) is -3.55. The molecule has 2 aromatic carbocycles. The lowest BCUT2D eigenvalue weighted by Gasteiger charge is -2.25. The second kappa shape index (κ2) is 12.1. The number of aromatic nitrogens is 1. The second-order valence-electron chi connectivity index (χ2n) is 9.19. The van der Waals surface area contributed by atoms with Crippen LogP contribution in [0.15, 0.2) is 52.7 Å². The Bertz CT molecular complexity index is 1280. The van der Waals surface area contributed by atoms with Crippen LogP contribution in [0.3, 0.4) is 0 Å². The first-order valence-electron chi connectivity index (χ1n) is 12.7. The molecule has 3 rings (SSSR count). The van der Waals surface area contributed by atoms with Crippen molar-refractivity contribution in [2.45, 2.75) is 70.9 Å². The lowest BCUT2D eigenvalue weighted by Crippen LogP contribution is -2.30. The van der Waals surface area contributed by atoms with Crippen LogP contribution in [0.25, 0.3) is 11.3 Å². The quantitative estimate of drug-likeness (QED) is 0.242. The maximum Gasteiger partial charge on any atom is 0.416 e. The minimum Gasteiger partial charge on any atom is -0.241 e. The summed E-state index contributed by atoms with van der Waals surface area (Å²) in [5.74, 6) is 0.514. The lowest BCUT2D eigenvalue weighted by molar-refractivity contribution is -0.137. The van der Waals surface area contributed by atoms with Crippen molar-refractivity contribution in [3.05, 3.63) is 69.5 Å². The van der Waals surface area contributed by atoms with Gasteiger partial charge in [-0.3, -0.25) is 0 Å². The fourth-order valence-electron chi connectivity index (χ4n) is 4.83. The third kappa shape index (κ3) is 6.62.